The summed E-state index contributed by atoms with van der Waals surface area (Å²) in [5.74, 6) is 0.327. The van der Waals surface area contributed by atoms with Gasteiger partial charge >= 0.3 is 0 Å². The van der Waals surface area contributed by atoms with Crippen molar-refractivity contribution in [3.63, 3.8) is 0 Å². The zero-order valence-corrected chi connectivity index (χ0v) is 14.9. The number of aromatic nitrogens is 3. The van der Waals surface area contributed by atoms with Gasteiger partial charge in [0.05, 0.1) is 11.9 Å². The topological polar surface area (TPSA) is 43.1 Å². The molecule has 0 saturated heterocycles. The van der Waals surface area contributed by atoms with E-state index in [9.17, 15) is 0 Å². The second-order valence-corrected chi connectivity index (χ2v) is 6.56. The fourth-order valence-corrected chi connectivity index (χ4v) is 3.34. The number of allylic oxidation sites excluding steroid dienone is 6. The standard InChI is InChI=1S/C22H22N4/c1-2-3-11-26-16-20(15-25-26)19-12-17-7-6-8-18(22(17)24-14-19)13-21-9-4-5-10-23-21/h3-11,14-17H,2,12-13H2,1H3. The maximum absolute atomic E-state index is 4.81. The molecule has 130 valence electrons. The molecule has 4 heteroatoms. The zero-order chi connectivity index (χ0) is 17.8. The van der Waals surface area contributed by atoms with Crippen LogP contribution in [0.15, 0.2) is 77.9 Å². The number of fused-ring (bicyclic) bond motifs is 1. The van der Waals surface area contributed by atoms with Crippen LogP contribution in [0.1, 0.15) is 31.0 Å². The number of hydrogen-bond donors (Lipinski definition) is 0. The van der Waals surface area contributed by atoms with E-state index in [1.54, 1.807) is 0 Å². The van der Waals surface area contributed by atoms with E-state index in [0.29, 0.717) is 5.92 Å². The molecule has 1 aliphatic carbocycles. The summed E-state index contributed by atoms with van der Waals surface area (Å²) in [7, 11) is 0. The SMILES string of the molecule is CCC=Cn1cc(C2=CN=C3C(Cc4ccccn4)=CC=CC3C2)cn1. The van der Waals surface area contributed by atoms with Gasteiger partial charge in [-0.15, -0.1) is 0 Å². The molecule has 0 spiro atoms. The molecule has 26 heavy (non-hydrogen) atoms. The van der Waals surface area contributed by atoms with E-state index in [0.717, 1.165) is 30.5 Å². The Hall–Kier alpha value is -3.01. The molecular formula is C22H22N4. The minimum absolute atomic E-state index is 0.327. The zero-order valence-electron chi connectivity index (χ0n) is 14.9. The van der Waals surface area contributed by atoms with Gasteiger partial charge in [-0.25, -0.2) is 4.68 Å². The lowest BCUT2D eigenvalue weighted by Gasteiger charge is -2.25. The predicted octanol–water partition coefficient (Wildman–Crippen LogP) is 4.70. The van der Waals surface area contributed by atoms with Crippen LogP contribution < -0.4 is 0 Å². The highest BCUT2D eigenvalue weighted by Gasteiger charge is 2.25. The van der Waals surface area contributed by atoms with Gasteiger partial charge in [-0.3, -0.25) is 9.98 Å². The van der Waals surface area contributed by atoms with Crippen LogP contribution >= 0.6 is 0 Å². The Bertz CT molecular complexity index is 926. The highest BCUT2D eigenvalue weighted by atomic mass is 15.2. The first-order valence-electron chi connectivity index (χ1n) is 9.09. The Morgan fingerprint density at radius 1 is 1.31 bits per heavy atom. The second-order valence-electron chi connectivity index (χ2n) is 6.56. The molecule has 4 nitrogen and oxygen atoms in total. The minimum Gasteiger partial charge on any atom is -0.261 e. The van der Waals surface area contributed by atoms with Crippen molar-refractivity contribution in [3.8, 4) is 0 Å². The lowest BCUT2D eigenvalue weighted by Crippen LogP contribution is -2.21. The van der Waals surface area contributed by atoms with Gasteiger partial charge in [-0.1, -0.05) is 37.3 Å². The number of nitrogens with zero attached hydrogens (tertiary/aromatic N) is 4. The van der Waals surface area contributed by atoms with Crippen molar-refractivity contribution in [2.45, 2.75) is 26.2 Å². The van der Waals surface area contributed by atoms with Crippen molar-refractivity contribution in [2.75, 3.05) is 0 Å². The molecule has 0 fully saturated rings. The van der Waals surface area contributed by atoms with Crippen molar-refractivity contribution in [2.24, 2.45) is 10.9 Å². The Balaban J connectivity index is 1.56. The van der Waals surface area contributed by atoms with Gasteiger partial charge in [0.25, 0.3) is 0 Å². The smallest absolute Gasteiger partial charge is 0.0569 e. The quantitative estimate of drug-likeness (QED) is 0.790. The Morgan fingerprint density at radius 2 is 2.27 bits per heavy atom. The van der Waals surface area contributed by atoms with Gasteiger partial charge in [-0.2, -0.15) is 5.10 Å². The molecule has 3 heterocycles. The predicted molar refractivity (Wildman–Crippen MR) is 107 cm³/mol. The first-order chi connectivity index (χ1) is 12.8. The third kappa shape index (κ3) is 3.49. The third-order valence-electron chi connectivity index (χ3n) is 4.68. The first-order valence-corrected chi connectivity index (χ1v) is 9.09. The van der Waals surface area contributed by atoms with E-state index >= 15 is 0 Å². The lowest BCUT2D eigenvalue weighted by atomic mass is 9.82. The van der Waals surface area contributed by atoms with Crippen molar-refractivity contribution in [1.82, 2.24) is 14.8 Å². The molecule has 0 bridgehead atoms. The van der Waals surface area contributed by atoms with Crippen LogP contribution in [0, 0.1) is 5.92 Å². The second kappa shape index (κ2) is 7.48. The van der Waals surface area contributed by atoms with E-state index in [1.807, 2.05) is 41.6 Å². The summed E-state index contributed by atoms with van der Waals surface area (Å²) in [4.78, 5) is 9.26. The monoisotopic (exact) mass is 342 g/mol. The van der Waals surface area contributed by atoms with Crippen LogP contribution in [0.4, 0.5) is 0 Å². The summed E-state index contributed by atoms with van der Waals surface area (Å²) in [6.45, 7) is 2.12. The molecule has 2 aromatic rings. The van der Waals surface area contributed by atoms with Gasteiger partial charge < -0.3 is 0 Å². The minimum atomic E-state index is 0.327. The number of hydrogen-bond acceptors (Lipinski definition) is 3. The van der Waals surface area contributed by atoms with Gasteiger partial charge in [0.2, 0.25) is 0 Å². The van der Waals surface area contributed by atoms with Crippen LogP contribution in [0.2, 0.25) is 0 Å². The van der Waals surface area contributed by atoms with E-state index < -0.39 is 0 Å². The molecule has 1 aliphatic heterocycles. The van der Waals surface area contributed by atoms with Gasteiger partial charge in [0.1, 0.15) is 0 Å². The van der Waals surface area contributed by atoms with Crippen LogP contribution in [-0.2, 0) is 6.42 Å². The normalized spacial score (nSPS) is 19.1. The molecule has 0 amide bonds. The Morgan fingerprint density at radius 3 is 3.12 bits per heavy atom. The molecule has 0 saturated carbocycles. The average Bonchev–Trinajstić information content (AvgIpc) is 3.16. The lowest BCUT2D eigenvalue weighted by molar-refractivity contribution is 0.860. The maximum Gasteiger partial charge on any atom is 0.0569 e. The molecule has 0 aromatic carbocycles. The first kappa shape index (κ1) is 16.5. The molecule has 1 unspecified atom stereocenters. The summed E-state index contributed by atoms with van der Waals surface area (Å²) in [6.07, 6.45) is 21.3. The van der Waals surface area contributed by atoms with Gasteiger partial charge in [0.15, 0.2) is 0 Å². The summed E-state index contributed by atoms with van der Waals surface area (Å²) in [5.41, 5.74) is 5.88. The molecular weight excluding hydrogens is 320 g/mol. The largest absolute Gasteiger partial charge is 0.261 e. The van der Waals surface area contributed by atoms with E-state index in [1.165, 1.54) is 16.9 Å². The molecule has 1 atom stereocenters. The van der Waals surface area contributed by atoms with Crippen molar-refractivity contribution in [1.29, 1.82) is 0 Å². The molecule has 4 rings (SSSR count). The van der Waals surface area contributed by atoms with Crippen molar-refractivity contribution in [3.05, 3.63) is 84.1 Å². The van der Waals surface area contributed by atoms with Crippen molar-refractivity contribution < 1.29 is 0 Å². The highest BCUT2D eigenvalue weighted by Crippen LogP contribution is 2.32. The maximum atomic E-state index is 4.81. The van der Waals surface area contributed by atoms with Crippen LogP contribution in [0.3, 0.4) is 0 Å². The summed E-state index contributed by atoms with van der Waals surface area (Å²) in [5, 5.41) is 4.41. The number of rotatable bonds is 5. The fraction of sp³-hybridized carbons (Fsp3) is 0.227. The summed E-state index contributed by atoms with van der Waals surface area (Å²) in [6, 6.07) is 6.05. The van der Waals surface area contributed by atoms with Gasteiger partial charge in [0, 0.05) is 48.4 Å². The molecule has 2 aliphatic rings. The fourth-order valence-electron chi connectivity index (χ4n) is 3.34. The van der Waals surface area contributed by atoms with E-state index in [2.05, 4.69) is 53.6 Å². The number of aliphatic imine (C=N–C) groups is 1. The molecule has 2 aromatic heterocycles. The molecule has 0 N–H and O–H groups in total. The average molecular weight is 342 g/mol. The molecule has 0 radical (unpaired) electrons. The number of pyridine rings is 1. The third-order valence-corrected chi connectivity index (χ3v) is 4.68. The van der Waals surface area contributed by atoms with Crippen molar-refractivity contribution >= 4 is 17.5 Å². The summed E-state index contributed by atoms with van der Waals surface area (Å²) >= 11 is 0. The van der Waals surface area contributed by atoms with Crippen LogP contribution in [0.5, 0.6) is 0 Å². The van der Waals surface area contributed by atoms with Crippen LogP contribution in [0.25, 0.3) is 11.8 Å². The van der Waals surface area contributed by atoms with E-state index in [-0.39, 0.29) is 0 Å². The van der Waals surface area contributed by atoms with Gasteiger partial charge in [-0.05, 0) is 36.1 Å². The Kier molecular flexibility index (Phi) is 4.73. The Labute approximate surface area is 154 Å². The summed E-state index contributed by atoms with van der Waals surface area (Å²) < 4.78 is 1.86. The highest BCUT2D eigenvalue weighted by molar-refractivity contribution is 6.06. The van der Waals surface area contributed by atoms with Crippen LogP contribution in [-0.4, -0.2) is 20.5 Å². The van der Waals surface area contributed by atoms with E-state index in [4.69, 9.17) is 4.99 Å².